The molecule has 2 rings (SSSR count). The van der Waals surface area contributed by atoms with E-state index in [1.54, 1.807) is 6.07 Å². The van der Waals surface area contributed by atoms with Crippen molar-refractivity contribution in [1.29, 1.82) is 0 Å². The molecule has 2 N–H and O–H groups in total. The summed E-state index contributed by atoms with van der Waals surface area (Å²) in [6, 6.07) is 6.44. The highest BCUT2D eigenvalue weighted by molar-refractivity contribution is 6.35. The second-order valence-corrected chi connectivity index (χ2v) is 5.33. The van der Waals surface area contributed by atoms with Crippen LogP contribution in [0.4, 0.5) is 5.69 Å². The molecule has 2 atom stereocenters. The molecule has 0 saturated carbocycles. The van der Waals surface area contributed by atoms with Gasteiger partial charge in [-0.1, -0.05) is 23.2 Å². The standard InChI is InChI=1S/C12H16Cl2N2/c1-8-4-11(15)2-3-16(8)12-6-9(13)5-10(14)7-12/h5-8,11H,2-4,15H2,1H3. The lowest BCUT2D eigenvalue weighted by atomic mass is 9.98. The number of piperidine rings is 1. The molecule has 16 heavy (non-hydrogen) atoms. The second-order valence-electron chi connectivity index (χ2n) is 4.45. The van der Waals surface area contributed by atoms with Gasteiger partial charge in [0.1, 0.15) is 0 Å². The zero-order chi connectivity index (χ0) is 11.7. The van der Waals surface area contributed by atoms with E-state index in [0.29, 0.717) is 22.1 Å². The molecule has 0 spiro atoms. The van der Waals surface area contributed by atoms with Crippen LogP contribution in [0.25, 0.3) is 0 Å². The predicted molar refractivity (Wildman–Crippen MR) is 70.5 cm³/mol. The summed E-state index contributed by atoms with van der Waals surface area (Å²) in [5.41, 5.74) is 7.04. The van der Waals surface area contributed by atoms with Crippen molar-refractivity contribution in [1.82, 2.24) is 0 Å². The third-order valence-corrected chi connectivity index (χ3v) is 3.53. The monoisotopic (exact) mass is 258 g/mol. The van der Waals surface area contributed by atoms with Crippen LogP contribution in [0.2, 0.25) is 10.0 Å². The van der Waals surface area contributed by atoms with Crippen molar-refractivity contribution in [2.24, 2.45) is 5.73 Å². The van der Waals surface area contributed by atoms with Gasteiger partial charge in [-0.3, -0.25) is 0 Å². The summed E-state index contributed by atoms with van der Waals surface area (Å²) < 4.78 is 0. The summed E-state index contributed by atoms with van der Waals surface area (Å²) in [6.07, 6.45) is 2.04. The lowest BCUT2D eigenvalue weighted by Gasteiger charge is -2.38. The van der Waals surface area contributed by atoms with E-state index in [1.165, 1.54) is 0 Å². The first-order valence-corrected chi connectivity index (χ1v) is 6.30. The molecular weight excluding hydrogens is 243 g/mol. The van der Waals surface area contributed by atoms with Crippen LogP contribution < -0.4 is 10.6 Å². The highest BCUT2D eigenvalue weighted by Gasteiger charge is 2.23. The molecule has 2 unspecified atom stereocenters. The summed E-state index contributed by atoms with van der Waals surface area (Å²) in [7, 11) is 0. The first-order valence-electron chi connectivity index (χ1n) is 5.54. The van der Waals surface area contributed by atoms with Crippen molar-refractivity contribution in [2.75, 3.05) is 11.4 Å². The maximum Gasteiger partial charge on any atom is 0.0441 e. The Morgan fingerprint density at radius 2 is 1.88 bits per heavy atom. The molecule has 0 radical (unpaired) electrons. The average molecular weight is 259 g/mol. The quantitative estimate of drug-likeness (QED) is 0.838. The zero-order valence-electron chi connectivity index (χ0n) is 9.29. The van der Waals surface area contributed by atoms with Crippen molar-refractivity contribution in [3.63, 3.8) is 0 Å². The Hall–Kier alpha value is -0.440. The molecule has 1 aliphatic heterocycles. The van der Waals surface area contributed by atoms with Crippen LogP contribution in [0.5, 0.6) is 0 Å². The minimum atomic E-state index is 0.320. The molecule has 4 heteroatoms. The van der Waals surface area contributed by atoms with Crippen molar-refractivity contribution in [3.8, 4) is 0 Å². The van der Waals surface area contributed by atoms with Gasteiger partial charge in [-0.15, -0.1) is 0 Å². The van der Waals surface area contributed by atoms with Crippen LogP contribution in [-0.2, 0) is 0 Å². The summed E-state index contributed by atoms with van der Waals surface area (Å²) in [5, 5.41) is 1.37. The molecule has 88 valence electrons. The maximum atomic E-state index is 6.01. The number of hydrogen-bond acceptors (Lipinski definition) is 2. The first kappa shape index (κ1) is 12.0. The number of halogens is 2. The second kappa shape index (κ2) is 4.82. The Labute approximate surface area is 106 Å². The Balaban J connectivity index is 2.23. The number of rotatable bonds is 1. The van der Waals surface area contributed by atoms with Crippen molar-refractivity contribution in [3.05, 3.63) is 28.2 Å². The summed E-state index contributed by atoms with van der Waals surface area (Å²) >= 11 is 12.0. The average Bonchev–Trinajstić information content (AvgIpc) is 2.15. The van der Waals surface area contributed by atoms with E-state index < -0.39 is 0 Å². The SMILES string of the molecule is CC1CC(N)CCN1c1cc(Cl)cc(Cl)c1. The van der Waals surface area contributed by atoms with E-state index >= 15 is 0 Å². The molecule has 1 aromatic carbocycles. The van der Waals surface area contributed by atoms with Gasteiger partial charge in [0.2, 0.25) is 0 Å². The van der Waals surface area contributed by atoms with Gasteiger partial charge < -0.3 is 10.6 Å². The summed E-state index contributed by atoms with van der Waals surface area (Å²) in [6.45, 7) is 3.16. The van der Waals surface area contributed by atoms with Gasteiger partial charge >= 0.3 is 0 Å². The minimum absolute atomic E-state index is 0.320. The van der Waals surface area contributed by atoms with Crippen LogP contribution in [0.15, 0.2) is 18.2 Å². The molecular formula is C12H16Cl2N2. The van der Waals surface area contributed by atoms with E-state index in [4.69, 9.17) is 28.9 Å². The number of nitrogens with two attached hydrogens (primary N) is 1. The number of anilines is 1. The Morgan fingerprint density at radius 1 is 1.25 bits per heavy atom. The fourth-order valence-electron chi connectivity index (χ4n) is 2.30. The fraction of sp³-hybridized carbons (Fsp3) is 0.500. The number of hydrogen-bond donors (Lipinski definition) is 1. The Morgan fingerprint density at radius 3 is 2.44 bits per heavy atom. The first-order chi connectivity index (χ1) is 7.56. The van der Waals surface area contributed by atoms with Crippen molar-refractivity contribution in [2.45, 2.75) is 31.8 Å². The molecule has 1 aliphatic rings. The summed E-state index contributed by atoms with van der Waals surface area (Å²) in [4.78, 5) is 2.32. The number of benzene rings is 1. The largest absolute Gasteiger partial charge is 0.369 e. The molecule has 2 nitrogen and oxygen atoms in total. The van der Waals surface area contributed by atoms with Crippen molar-refractivity contribution >= 4 is 28.9 Å². The van der Waals surface area contributed by atoms with Gasteiger partial charge in [0.25, 0.3) is 0 Å². The van der Waals surface area contributed by atoms with E-state index in [9.17, 15) is 0 Å². The predicted octanol–water partition coefficient (Wildman–Crippen LogP) is 3.31. The molecule has 1 heterocycles. The minimum Gasteiger partial charge on any atom is -0.369 e. The fourth-order valence-corrected chi connectivity index (χ4v) is 2.81. The zero-order valence-corrected chi connectivity index (χ0v) is 10.8. The molecule has 1 saturated heterocycles. The lowest BCUT2D eigenvalue weighted by Crippen LogP contribution is -2.45. The number of nitrogens with zero attached hydrogens (tertiary/aromatic N) is 1. The Bertz CT molecular complexity index is 361. The van der Waals surface area contributed by atoms with E-state index in [0.717, 1.165) is 25.1 Å². The third kappa shape index (κ3) is 2.62. The lowest BCUT2D eigenvalue weighted by molar-refractivity contribution is 0.430. The molecule has 1 fully saturated rings. The molecule has 0 bridgehead atoms. The van der Waals surface area contributed by atoms with Gasteiger partial charge in [-0.05, 0) is 38.0 Å². The van der Waals surface area contributed by atoms with E-state index in [1.807, 2.05) is 12.1 Å². The molecule has 0 aromatic heterocycles. The topological polar surface area (TPSA) is 29.3 Å². The van der Waals surface area contributed by atoms with Crippen LogP contribution in [-0.4, -0.2) is 18.6 Å². The van der Waals surface area contributed by atoms with Gasteiger partial charge in [-0.25, -0.2) is 0 Å². The van der Waals surface area contributed by atoms with Crippen LogP contribution >= 0.6 is 23.2 Å². The highest BCUT2D eigenvalue weighted by atomic mass is 35.5. The van der Waals surface area contributed by atoms with Gasteiger partial charge in [0, 0.05) is 34.4 Å². The van der Waals surface area contributed by atoms with Gasteiger partial charge in [0.05, 0.1) is 0 Å². The Kier molecular flexibility index (Phi) is 3.63. The van der Waals surface area contributed by atoms with Crippen LogP contribution in [0.1, 0.15) is 19.8 Å². The van der Waals surface area contributed by atoms with Gasteiger partial charge in [-0.2, -0.15) is 0 Å². The molecule has 1 aromatic rings. The van der Waals surface area contributed by atoms with E-state index in [-0.39, 0.29) is 0 Å². The molecule has 0 aliphatic carbocycles. The highest BCUT2D eigenvalue weighted by Crippen LogP contribution is 2.29. The van der Waals surface area contributed by atoms with Crippen LogP contribution in [0, 0.1) is 0 Å². The maximum absolute atomic E-state index is 6.01. The smallest absolute Gasteiger partial charge is 0.0441 e. The summed E-state index contributed by atoms with van der Waals surface area (Å²) in [5.74, 6) is 0. The third-order valence-electron chi connectivity index (χ3n) is 3.10. The van der Waals surface area contributed by atoms with Crippen molar-refractivity contribution < 1.29 is 0 Å². The molecule has 0 amide bonds. The van der Waals surface area contributed by atoms with Gasteiger partial charge in [0.15, 0.2) is 0 Å². The normalized spacial score (nSPS) is 25.9. The van der Waals surface area contributed by atoms with Crippen LogP contribution in [0.3, 0.4) is 0 Å². The van der Waals surface area contributed by atoms with E-state index in [2.05, 4.69) is 11.8 Å².